The van der Waals surface area contributed by atoms with Gasteiger partial charge in [0.15, 0.2) is 0 Å². The molecule has 0 bridgehead atoms. The third kappa shape index (κ3) is 5.74. The lowest BCUT2D eigenvalue weighted by Crippen LogP contribution is -2.45. The van der Waals surface area contributed by atoms with Crippen molar-refractivity contribution < 1.29 is 14.7 Å². The number of likely N-dealkylation sites (N-methyl/N-ethyl adjacent to an activating group) is 1. The Morgan fingerprint density at radius 2 is 2.09 bits per heavy atom. The summed E-state index contributed by atoms with van der Waals surface area (Å²) >= 11 is 0. The van der Waals surface area contributed by atoms with Gasteiger partial charge in [-0.15, -0.1) is 0 Å². The molecule has 22 heavy (non-hydrogen) atoms. The van der Waals surface area contributed by atoms with E-state index >= 15 is 0 Å². The molecule has 1 aliphatic heterocycles. The minimum absolute atomic E-state index is 0.0525. The third-order valence-electron chi connectivity index (χ3n) is 3.87. The molecule has 0 aromatic heterocycles. The monoisotopic (exact) mass is 308 g/mol. The Kier molecular flexibility index (Phi) is 7.40. The van der Waals surface area contributed by atoms with Crippen molar-refractivity contribution in [3.8, 4) is 6.07 Å². The van der Waals surface area contributed by atoms with Crippen molar-refractivity contribution in [2.75, 3.05) is 33.7 Å². The highest BCUT2D eigenvalue weighted by Crippen LogP contribution is 2.15. The van der Waals surface area contributed by atoms with Crippen LogP contribution in [0, 0.1) is 11.3 Å². The highest BCUT2D eigenvalue weighted by atomic mass is 16.4. The molecule has 1 fully saturated rings. The molecule has 0 atom stereocenters. The Morgan fingerprint density at radius 3 is 2.64 bits per heavy atom. The molecule has 0 aliphatic carbocycles. The number of rotatable bonds is 7. The van der Waals surface area contributed by atoms with E-state index in [0.29, 0.717) is 13.0 Å². The van der Waals surface area contributed by atoms with E-state index in [1.165, 1.54) is 6.20 Å². The van der Waals surface area contributed by atoms with Crippen molar-refractivity contribution in [3.63, 3.8) is 0 Å². The fraction of sp³-hybridized carbons (Fsp3) is 0.667. The molecule has 1 saturated heterocycles. The molecule has 1 heterocycles. The summed E-state index contributed by atoms with van der Waals surface area (Å²) in [5, 5.41) is 20.5. The van der Waals surface area contributed by atoms with Crippen LogP contribution in [0.5, 0.6) is 0 Å². The lowest BCUT2D eigenvalue weighted by molar-refractivity contribution is -0.137. The van der Waals surface area contributed by atoms with Crippen LogP contribution in [0.2, 0.25) is 0 Å². The van der Waals surface area contributed by atoms with Gasteiger partial charge in [0, 0.05) is 32.3 Å². The number of likely N-dealkylation sites (tertiary alicyclic amines) is 1. The molecule has 0 radical (unpaired) electrons. The van der Waals surface area contributed by atoms with Gasteiger partial charge in [-0.25, -0.2) is 0 Å². The van der Waals surface area contributed by atoms with Gasteiger partial charge >= 0.3 is 5.97 Å². The Morgan fingerprint density at radius 1 is 1.45 bits per heavy atom. The Balaban J connectivity index is 2.49. The molecule has 0 aromatic rings. The minimum Gasteiger partial charge on any atom is -0.481 e. The molecule has 1 rings (SSSR count). The summed E-state index contributed by atoms with van der Waals surface area (Å²) < 4.78 is 0. The molecule has 0 aromatic carbocycles. The molecular weight excluding hydrogens is 284 g/mol. The molecular formula is C15H24N4O3. The number of amides is 1. The van der Waals surface area contributed by atoms with Gasteiger partial charge in [-0.05, 0) is 39.4 Å². The molecule has 0 saturated carbocycles. The quantitative estimate of drug-likeness (QED) is 0.401. The largest absolute Gasteiger partial charge is 0.481 e. The van der Waals surface area contributed by atoms with Crippen molar-refractivity contribution in [2.45, 2.75) is 31.7 Å². The summed E-state index contributed by atoms with van der Waals surface area (Å²) in [6.07, 6.45) is 3.71. The van der Waals surface area contributed by atoms with E-state index in [1.807, 2.05) is 6.07 Å². The number of nitriles is 1. The molecule has 1 aliphatic rings. The number of aliphatic carboxylic acids is 1. The van der Waals surface area contributed by atoms with E-state index < -0.39 is 5.97 Å². The van der Waals surface area contributed by atoms with Crippen LogP contribution in [-0.2, 0) is 9.59 Å². The van der Waals surface area contributed by atoms with Crippen molar-refractivity contribution in [2.24, 2.45) is 0 Å². The van der Waals surface area contributed by atoms with Crippen LogP contribution in [0.4, 0.5) is 0 Å². The SMILES string of the molecule is CN1CCC(N(C)C(=O)/C(C#N)=C\NCCCC(=O)O)CC1. The normalized spacial score (nSPS) is 16.9. The minimum atomic E-state index is -0.857. The van der Waals surface area contributed by atoms with Gasteiger partial charge in [0.25, 0.3) is 5.91 Å². The molecule has 7 nitrogen and oxygen atoms in total. The number of hydrogen-bond acceptors (Lipinski definition) is 5. The number of carboxylic acid groups (broad SMARTS) is 1. The van der Waals surface area contributed by atoms with Gasteiger partial charge in [-0.2, -0.15) is 5.26 Å². The lowest BCUT2D eigenvalue weighted by atomic mass is 10.0. The smallest absolute Gasteiger partial charge is 0.303 e. The van der Waals surface area contributed by atoms with Crippen molar-refractivity contribution in [1.82, 2.24) is 15.1 Å². The fourth-order valence-corrected chi connectivity index (χ4v) is 2.40. The number of hydrogen-bond donors (Lipinski definition) is 2. The molecule has 2 N–H and O–H groups in total. The Bertz CT molecular complexity index is 462. The second-order valence-corrected chi connectivity index (χ2v) is 5.57. The van der Waals surface area contributed by atoms with E-state index in [-0.39, 0.29) is 23.9 Å². The topological polar surface area (TPSA) is 96.7 Å². The summed E-state index contributed by atoms with van der Waals surface area (Å²) in [5.41, 5.74) is 0.0525. The maximum absolute atomic E-state index is 12.3. The number of carbonyl (C=O) groups is 2. The average Bonchev–Trinajstić information content (AvgIpc) is 2.50. The van der Waals surface area contributed by atoms with Crippen molar-refractivity contribution >= 4 is 11.9 Å². The van der Waals surface area contributed by atoms with Gasteiger partial charge in [0.05, 0.1) is 0 Å². The number of nitrogens with one attached hydrogen (secondary N) is 1. The van der Waals surface area contributed by atoms with Gasteiger partial charge in [-0.3, -0.25) is 9.59 Å². The molecule has 1 amide bonds. The Labute approximate surface area is 131 Å². The van der Waals surface area contributed by atoms with Crippen LogP contribution in [0.15, 0.2) is 11.8 Å². The first-order valence-electron chi connectivity index (χ1n) is 7.47. The first-order valence-corrected chi connectivity index (χ1v) is 7.47. The van der Waals surface area contributed by atoms with Gasteiger partial charge in [0.2, 0.25) is 0 Å². The average molecular weight is 308 g/mol. The van der Waals surface area contributed by atoms with Crippen LogP contribution in [0.25, 0.3) is 0 Å². The maximum Gasteiger partial charge on any atom is 0.303 e. The summed E-state index contributed by atoms with van der Waals surface area (Å²) in [6, 6.07) is 2.07. The maximum atomic E-state index is 12.3. The molecule has 122 valence electrons. The Hall–Kier alpha value is -2.07. The van der Waals surface area contributed by atoms with Crippen LogP contribution >= 0.6 is 0 Å². The number of piperidine rings is 1. The summed E-state index contributed by atoms with van der Waals surface area (Å²) in [7, 11) is 3.79. The zero-order valence-corrected chi connectivity index (χ0v) is 13.2. The standard InChI is InChI=1S/C15H24N4O3/c1-18-8-5-13(6-9-18)19(2)15(22)12(10-16)11-17-7-3-4-14(20)21/h11,13,17H,3-9H2,1-2H3,(H,20,21)/b12-11-. The van der Waals surface area contributed by atoms with E-state index in [0.717, 1.165) is 25.9 Å². The fourth-order valence-electron chi connectivity index (χ4n) is 2.40. The van der Waals surface area contributed by atoms with E-state index in [1.54, 1.807) is 11.9 Å². The van der Waals surface area contributed by atoms with E-state index in [4.69, 9.17) is 10.4 Å². The molecule has 0 spiro atoms. The zero-order valence-electron chi connectivity index (χ0n) is 13.2. The van der Waals surface area contributed by atoms with Crippen molar-refractivity contribution in [1.29, 1.82) is 5.26 Å². The number of carbonyl (C=O) groups excluding carboxylic acids is 1. The molecule has 7 heteroatoms. The van der Waals surface area contributed by atoms with Gasteiger partial charge < -0.3 is 20.2 Å². The highest BCUT2D eigenvalue weighted by molar-refractivity contribution is 5.97. The predicted octanol–water partition coefficient (Wildman–Crippen LogP) is 0.401. The first kappa shape index (κ1) is 18.0. The lowest BCUT2D eigenvalue weighted by Gasteiger charge is -2.34. The number of nitrogens with zero attached hydrogens (tertiary/aromatic N) is 3. The third-order valence-corrected chi connectivity index (χ3v) is 3.87. The van der Waals surface area contributed by atoms with E-state index in [9.17, 15) is 9.59 Å². The van der Waals surface area contributed by atoms with Crippen LogP contribution in [0.1, 0.15) is 25.7 Å². The van der Waals surface area contributed by atoms with Gasteiger partial charge in [-0.1, -0.05) is 0 Å². The zero-order chi connectivity index (χ0) is 16.5. The summed E-state index contributed by atoms with van der Waals surface area (Å²) in [5.74, 6) is -1.15. The highest BCUT2D eigenvalue weighted by Gasteiger charge is 2.25. The van der Waals surface area contributed by atoms with Crippen LogP contribution in [0.3, 0.4) is 0 Å². The summed E-state index contributed by atoms with van der Waals surface area (Å²) in [4.78, 5) is 26.6. The summed E-state index contributed by atoms with van der Waals surface area (Å²) in [6.45, 7) is 2.31. The van der Waals surface area contributed by atoms with Gasteiger partial charge in [0.1, 0.15) is 11.6 Å². The van der Waals surface area contributed by atoms with E-state index in [2.05, 4.69) is 17.3 Å². The van der Waals surface area contributed by atoms with Crippen LogP contribution in [-0.4, -0.2) is 66.6 Å². The predicted molar refractivity (Wildman–Crippen MR) is 81.9 cm³/mol. The number of carboxylic acids is 1. The molecule has 0 unspecified atom stereocenters. The van der Waals surface area contributed by atoms with Crippen molar-refractivity contribution in [3.05, 3.63) is 11.8 Å². The second kappa shape index (κ2) is 9.05. The first-order chi connectivity index (χ1) is 10.5. The second-order valence-electron chi connectivity index (χ2n) is 5.57. The van der Waals surface area contributed by atoms with Crippen LogP contribution < -0.4 is 5.32 Å².